The van der Waals surface area contributed by atoms with Crippen molar-refractivity contribution in [1.82, 2.24) is 20.3 Å². The lowest BCUT2D eigenvalue weighted by Gasteiger charge is -2.25. The number of rotatable bonds is 12. The molecule has 5 N–H and O–H groups in total. The predicted molar refractivity (Wildman–Crippen MR) is 118 cm³/mol. The zero-order valence-corrected chi connectivity index (χ0v) is 18.4. The van der Waals surface area contributed by atoms with E-state index in [1.54, 1.807) is 36.4 Å². The molecule has 11 nitrogen and oxygen atoms in total. The molecule has 1 aromatic heterocycles. The van der Waals surface area contributed by atoms with Crippen molar-refractivity contribution in [2.45, 2.75) is 30.3 Å². The van der Waals surface area contributed by atoms with Gasteiger partial charge in [0.2, 0.25) is 6.41 Å². The van der Waals surface area contributed by atoms with Crippen molar-refractivity contribution in [1.29, 1.82) is 0 Å². The molecule has 0 fully saturated rings. The zero-order valence-electron chi connectivity index (χ0n) is 17.6. The van der Waals surface area contributed by atoms with E-state index in [9.17, 15) is 23.1 Å². The molecule has 0 spiro atoms. The summed E-state index contributed by atoms with van der Waals surface area (Å²) in [5, 5.41) is 12.8. The number of nitrogen functional groups attached to an aromatic ring is 1. The number of pyridine rings is 1. The van der Waals surface area contributed by atoms with E-state index >= 15 is 0 Å². The molecular formula is C21H25N5O6S. The normalized spacial score (nSPS) is 16.8. The summed E-state index contributed by atoms with van der Waals surface area (Å²) >= 11 is 0. The molecule has 176 valence electrons. The number of carboxylic acid groups (broad SMARTS) is 1. The first-order valence-corrected chi connectivity index (χ1v) is 11.7. The molecule has 2 heterocycles. The molecule has 2 aromatic rings. The molecule has 0 saturated heterocycles. The molecule has 1 amide bonds. The predicted octanol–water partition coefficient (Wildman–Crippen LogP) is 0.826. The Morgan fingerprint density at radius 2 is 2.00 bits per heavy atom. The number of carbonyl (C=O) groups is 2. The Hall–Kier alpha value is -3.48. The topological polar surface area (TPSA) is 164 Å². The van der Waals surface area contributed by atoms with Crippen molar-refractivity contribution in [2.75, 3.05) is 12.3 Å². The minimum Gasteiger partial charge on any atom is -0.481 e. The van der Waals surface area contributed by atoms with Gasteiger partial charge in [-0.15, -0.1) is 0 Å². The number of aryl methyl sites for hydroxylation is 1. The number of aliphatic carboxylic acids is 1. The van der Waals surface area contributed by atoms with Crippen LogP contribution in [0.15, 0.2) is 65.2 Å². The highest BCUT2D eigenvalue weighted by atomic mass is 32.2. The van der Waals surface area contributed by atoms with Gasteiger partial charge in [-0.25, -0.2) is 18.2 Å². The number of carboxylic acids is 1. The van der Waals surface area contributed by atoms with Crippen LogP contribution in [0.4, 0.5) is 5.82 Å². The second kappa shape index (κ2) is 10.9. The second-order valence-electron chi connectivity index (χ2n) is 7.30. The lowest BCUT2D eigenvalue weighted by molar-refractivity contribution is -0.167. The maximum Gasteiger partial charge on any atom is 0.314 e. The number of hydrogen-bond acceptors (Lipinski definition) is 8. The van der Waals surface area contributed by atoms with Crippen molar-refractivity contribution in [3.05, 3.63) is 66.0 Å². The molecule has 0 radical (unpaired) electrons. The van der Waals surface area contributed by atoms with E-state index in [2.05, 4.69) is 15.1 Å². The van der Waals surface area contributed by atoms with Gasteiger partial charge in [0.25, 0.3) is 10.0 Å². The molecular weight excluding hydrogens is 450 g/mol. The number of nitrogens with two attached hydrogens (primary N) is 1. The Balaban J connectivity index is 1.76. The SMILES string of the molecule is Nc1cccc(CCCC2C=C(C(CNC=O)C(=O)O)N(NS(=O)(=O)c3ccccc3)O2)n1. The van der Waals surface area contributed by atoms with E-state index in [-0.39, 0.29) is 17.1 Å². The number of amides is 1. The number of hydroxylamine groups is 1. The number of anilines is 1. The number of aromatic nitrogens is 1. The van der Waals surface area contributed by atoms with Gasteiger partial charge in [0.05, 0.1) is 10.6 Å². The molecule has 12 heteroatoms. The van der Waals surface area contributed by atoms with Crippen LogP contribution in [-0.4, -0.2) is 48.7 Å². The Bertz CT molecular complexity index is 1110. The number of sulfonamides is 1. The maximum absolute atomic E-state index is 12.8. The summed E-state index contributed by atoms with van der Waals surface area (Å²) < 4.78 is 25.6. The third-order valence-electron chi connectivity index (χ3n) is 4.90. The van der Waals surface area contributed by atoms with Crippen LogP contribution in [0.2, 0.25) is 0 Å². The molecule has 1 aliphatic heterocycles. The van der Waals surface area contributed by atoms with Crippen LogP contribution >= 0.6 is 0 Å². The highest BCUT2D eigenvalue weighted by Gasteiger charge is 2.36. The minimum absolute atomic E-state index is 0.0120. The highest BCUT2D eigenvalue weighted by Crippen LogP contribution is 2.27. The molecule has 2 unspecified atom stereocenters. The first kappa shape index (κ1) is 24.2. The van der Waals surface area contributed by atoms with Crippen LogP contribution in [0.1, 0.15) is 18.5 Å². The molecule has 0 saturated carbocycles. The summed E-state index contributed by atoms with van der Waals surface area (Å²) in [5.41, 5.74) is 6.57. The number of hydrazine groups is 1. The van der Waals surface area contributed by atoms with Crippen LogP contribution in [0.5, 0.6) is 0 Å². The van der Waals surface area contributed by atoms with Gasteiger partial charge in [0.1, 0.15) is 17.8 Å². The molecule has 3 rings (SSSR count). The van der Waals surface area contributed by atoms with Gasteiger partial charge in [-0.3, -0.25) is 9.59 Å². The maximum atomic E-state index is 12.8. The number of carbonyl (C=O) groups excluding carboxylic acids is 1. The van der Waals surface area contributed by atoms with Crippen LogP contribution in [0.25, 0.3) is 0 Å². The fourth-order valence-electron chi connectivity index (χ4n) is 3.32. The quantitative estimate of drug-likeness (QED) is 0.325. The van der Waals surface area contributed by atoms with Crippen molar-refractivity contribution < 1.29 is 28.0 Å². The summed E-state index contributed by atoms with van der Waals surface area (Å²) in [6.45, 7) is -0.239. The van der Waals surface area contributed by atoms with Crippen molar-refractivity contribution in [3.8, 4) is 0 Å². The van der Waals surface area contributed by atoms with Crippen molar-refractivity contribution in [2.24, 2.45) is 5.92 Å². The first-order valence-electron chi connectivity index (χ1n) is 10.2. The van der Waals surface area contributed by atoms with Gasteiger partial charge < -0.3 is 16.2 Å². The van der Waals surface area contributed by atoms with E-state index in [0.717, 1.165) is 10.9 Å². The standard InChI is InChI=1S/C21H25N5O6S/c22-20-11-5-7-15(24-20)6-4-8-16-12-19(18(21(28)29)13-23-14-27)26(32-16)25-33(30,31)17-9-2-1-3-10-17/h1-3,5,7,9-12,14,16,18,25H,4,6,8,13H2,(H2,22,24)(H,23,27)(H,28,29). The Kier molecular flexibility index (Phi) is 7.98. The Morgan fingerprint density at radius 1 is 1.24 bits per heavy atom. The number of nitrogens with zero attached hydrogens (tertiary/aromatic N) is 2. The highest BCUT2D eigenvalue weighted by molar-refractivity contribution is 7.89. The van der Waals surface area contributed by atoms with Gasteiger partial charge in [0, 0.05) is 12.2 Å². The fraction of sp³-hybridized carbons (Fsp3) is 0.286. The van der Waals surface area contributed by atoms with Crippen LogP contribution in [0, 0.1) is 5.92 Å². The molecule has 0 aliphatic carbocycles. The van der Waals surface area contributed by atoms with Gasteiger partial charge in [-0.1, -0.05) is 29.1 Å². The van der Waals surface area contributed by atoms with E-state index in [4.69, 9.17) is 10.6 Å². The van der Waals surface area contributed by atoms with Gasteiger partial charge in [0.15, 0.2) is 0 Å². The summed E-state index contributed by atoms with van der Waals surface area (Å²) in [6.07, 6.45) is 3.05. The smallest absolute Gasteiger partial charge is 0.314 e. The summed E-state index contributed by atoms with van der Waals surface area (Å²) in [7, 11) is -4.04. The summed E-state index contributed by atoms with van der Waals surface area (Å²) in [6, 6.07) is 13.0. The average molecular weight is 476 g/mol. The summed E-state index contributed by atoms with van der Waals surface area (Å²) in [4.78, 5) is 34.8. The van der Waals surface area contributed by atoms with Crippen LogP contribution in [-0.2, 0) is 30.9 Å². The van der Waals surface area contributed by atoms with Gasteiger partial charge >= 0.3 is 5.97 Å². The monoisotopic (exact) mass is 475 g/mol. The van der Waals surface area contributed by atoms with E-state index in [1.807, 2.05) is 6.07 Å². The second-order valence-corrected chi connectivity index (χ2v) is 8.96. The molecule has 2 atom stereocenters. The molecule has 0 bridgehead atoms. The third kappa shape index (κ3) is 6.51. The number of benzene rings is 1. The van der Waals surface area contributed by atoms with Crippen molar-refractivity contribution in [3.63, 3.8) is 0 Å². The third-order valence-corrected chi connectivity index (χ3v) is 6.20. The number of hydrogen-bond donors (Lipinski definition) is 4. The molecule has 1 aromatic carbocycles. The van der Waals surface area contributed by atoms with E-state index < -0.39 is 28.0 Å². The Morgan fingerprint density at radius 3 is 2.67 bits per heavy atom. The van der Waals surface area contributed by atoms with Gasteiger partial charge in [-0.05, 0) is 49.6 Å². The average Bonchev–Trinajstić information content (AvgIpc) is 3.16. The van der Waals surface area contributed by atoms with E-state index in [0.29, 0.717) is 31.5 Å². The zero-order chi connectivity index (χ0) is 23.8. The Labute approximate surface area is 191 Å². The van der Waals surface area contributed by atoms with E-state index in [1.165, 1.54) is 12.1 Å². The minimum atomic E-state index is -4.04. The molecule has 1 aliphatic rings. The number of nitrogens with one attached hydrogen (secondary N) is 2. The summed E-state index contributed by atoms with van der Waals surface area (Å²) in [5.74, 6) is -2.05. The molecule has 33 heavy (non-hydrogen) atoms. The largest absolute Gasteiger partial charge is 0.481 e. The van der Waals surface area contributed by atoms with Crippen LogP contribution in [0.3, 0.4) is 0 Å². The van der Waals surface area contributed by atoms with Crippen molar-refractivity contribution >= 4 is 28.2 Å². The van der Waals surface area contributed by atoms with Crippen LogP contribution < -0.4 is 15.9 Å². The lowest BCUT2D eigenvalue weighted by atomic mass is 10.0. The lowest BCUT2D eigenvalue weighted by Crippen LogP contribution is -2.44. The van der Waals surface area contributed by atoms with Gasteiger partial charge in [-0.2, -0.15) is 5.17 Å². The first-order chi connectivity index (χ1) is 15.8. The fourth-order valence-corrected chi connectivity index (χ4v) is 4.31.